The lowest BCUT2D eigenvalue weighted by Gasteiger charge is -2.28. The van der Waals surface area contributed by atoms with Gasteiger partial charge in [-0.2, -0.15) is 0 Å². The Morgan fingerprint density at radius 1 is 1.38 bits per heavy atom. The van der Waals surface area contributed by atoms with E-state index in [2.05, 4.69) is 15.6 Å². The molecule has 7 nitrogen and oxygen atoms in total. The van der Waals surface area contributed by atoms with Crippen LogP contribution in [0.5, 0.6) is 0 Å². The molecule has 0 radical (unpaired) electrons. The highest BCUT2D eigenvalue weighted by molar-refractivity contribution is 7.15. The van der Waals surface area contributed by atoms with Gasteiger partial charge in [0.05, 0.1) is 6.61 Å². The maximum atomic E-state index is 12.5. The zero-order valence-corrected chi connectivity index (χ0v) is 15.2. The summed E-state index contributed by atoms with van der Waals surface area (Å²) in [4.78, 5) is 31.3. The van der Waals surface area contributed by atoms with Crippen LogP contribution in [0.25, 0.3) is 0 Å². The number of rotatable bonds is 7. The van der Waals surface area contributed by atoms with Gasteiger partial charge in [-0.05, 0) is 19.8 Å². The SMILES string of the molecule is COCCN(CC(=O)Nc1ncc(C)s1)C(=O)NC1CCCCC1. The molecule has 1 aromatic heterocycles. The van der Waals surface area contributed by atoms with Gasteiger partial charge in [-0.25, -0.2) is 9.78 Å². The molecule has 0 aliphatic heterocycles. The van der Waals surface area contributed by atoms with Crippen molar-refractivity contribution in [1.29, 1.82) is 0 Å². The lowest BCUT2D eigenvalue weighted by atomic mass is 9.96. The van der Waals surface area contributed by atoms with Crippen LogP contribution in [0, 0.1) is 6.92 Å². The first-order valence-electron chi connectivity index (χ1n) is 8.35. The minimum Gasteiger partial charge on any atom is -0.383 e. The molecular weight excluding hydrogens is 328 g/mol. The number of urea groups is 1. The smallest absolute Gasteiger partial charge is 0.318 e. The summed E-state index contributed by atoms with van der Waals surface area (Å²) in [6.45, 7) is 2.68. The fourth-order valence-electron chi connectivity index (χ4n) is 2.71. The molecule has 1 aliphatic rings. The number of nitrogens with zero attached hydrogens (tertiary/aromatic N) is 2. The summed E-state index contributed by atoms with van der Waals surface area (Å²) in [6, 6.07) is 0.00499. The number of thiazole rings is 1. The van der Waals surface area contributed by atoms with Crippen LogP contribution in [-0.2, 0) is 9.53 Å². The topological polar surface area (TPSA) is 83.6 Å². The first-order chi connectivity index (χ1) is 11.6. The summed E-state index contributed by atoms with van der Waals surface area (Å²) >= 11 is 1.41. The molecule has 2 N–H and O–H groups in total. The normalized spacial score (nSPS) is 15.1. The van der Waals surface area contributed by atoms with Gasteiger partial charge in [-0.1, -0.05) is 19.3 Å². The molecule has 0 unspecified atom stereocenters. The average molecular weight is 354 g/mol. The van der Waals surface area contributed by atoms with Crippen molar-refractivity contribution in [3.63, 3.8) is 0 Å². The van der Waals surface area contributed by atoms with Crippen molar-refractivity contribution in [3.8, 4) is 0 Å². The molecule has 3 amide bonds. The van der Waals surface area contributed by atoms with Crippen molar-refractivity contribution in [2.45, 2.75) is 45.1 Å². The minimum absolute atomic E-state index is 0.0134. The van der Waals surface area contributed by atoms with Crippen molar-refractivity contribution < 1.29 is 14.3 Å². The summed E-state index contributed by atoms with van der Waals surface area (Å²) in [5.41, 5.74) is 0. The monoisotopic (exact) mass is 354 g/mol. The van der Waals surface area contributed by atoms with E-state index < -0.39 is 0 Å². The fourth-order valence-corrected chi connectivity index (χ4v) is 3.39. The van der Waals surface area contributed by atoms with Crippen LogP contribution in [0.1, 0.15) is 37.0 Å². The Bertz CT molecular complexity index is 543. The molecule has 2 rings (SSSR count). The van der Waals surface area contributed by atoms with Crippen LogP contribution in [-0.4, -0.2) is 54.7 Å². The van der Waals surface area contributed by atoms with E-state index in [0.717, 1.165) is 30.6 Å². The van der Waals surface area contributed by atoms with Crippen LogP contribution in [0.15, 0.2) is 6.20 Å². The number of amides is 3. The molecule has 1 saturated carbocycles. The average Bonchev–Trinajstić information content (AvgIpc) is 2.97. The van der Waals surface area contributed by atoms with E-state index in [1.165, 1.54) is 22.7 Å². The molecule has 0 spiro atoms. The Labute approximate surface area is 146 Å². The highest BCUT2D eigenvalue weighted by Crippen LogP contribution is 2.18. The molecule has 134 valence electrons. The highest BCUT2D eigenvalue weighted by atomic mass is 32.1. The van der Waals surface area contributed by atoms with Crippen LogP contribution < -0.4 is 10.6 Å². The van der Waals surface area contributed by atoms with E-state index in [4.69, 9.17) is 4.74 Å². The van der Waals surface area contributed by atoms with Gasteiger partial charge in [0.2, 0.25) is 5.91 Å². The molecule has 0 bridgehead atoms. The number of nitrogens with one attached hydrogen (secondary N) is 2. The maximum absolute atomic E-state index is 12.5. The third-order valence-corrected chi connectivity index (χ3v) is 4.82. The number of anilines is 1. The van der Waals surface area contributed by atoms with Gasteiger partial charge in [0.25, 0.3) is 0 Å². The van der Waals surface area contributed by atoms with Crippen LogP contribution in [0.2, 0.25) is 0 Å². The Kier molecular flexibility index (Phi) is 7.45. The predicted octanol–water partition coefficient (Wildman–Crippen LogP) is 2.38. The molecule has 24 heavy (non-hydrogen) atoms. The molecule has 0 atom stereocenters. The van der Waals surface area contributed by atoms with Gasteiger partial charge in [0.1, 0.15) is 6.54 Å². The molecule has 0 aromatic carbocycles. The van der Waals surface area contributed by atoms with Crippen LogP contribution >= 0.6 is 11.3 Å². The standard InChI is InChI=1S/C16H26N4O3S/c1-12-10-17-15(24-12)19-14(21)11-20(8-9-23-2)16(22)18-13-6-4-3-5-7-13/h10,13H,3-9,11H2,1-2H3,(H,18,22)(H,17,19,21). The number of methoxy groups -OCH3 is 1. The summed E-state index contributed by atoms with van der Waals surface area (Å²) in [7, 11) is 1.58. The van der Waals surface area contributed by atoms with Gasteiger partial charge in [-0.3, -0.25) is 4.79 Å². The summed E-state index contributed by atoms with van der Waals surface area (Å²) < 4.78 is 5.05. The van der Waals surface area contributed by atoms with Crippen molar-refractivity contribution >= 4 is 28.4 Å². The molecular formula is C16H26N4O3S. The van der Waals surface area contributed by atoms with E-state index in [9.17, 15) is 9.59 Å². The first kappa shape index (κ1) is 18.7. The fraction of sp³-hybridized carbons (Fsp3) is 0.688. The molecule has 1 fully saturated rings. The summed E-state index contributed by atoms with van der Waals surface area (Å²) in [5.74, 6) is -0.251. The van der Waals surface area contributed by atoms with E-state index in [1.54, 1.807) is 13.3 Å². The van der Waals surface area contributed by atoms with E-state index >= 15 is 0 Å². The second kappa shape index (κ2) is 9.58. The number of hydrogen-bond donors (Lipinski definition) is 2. The summed E-state index contributed by atoms with van der Waals surface area (Å²) in [6.07, 6.45) is 7.25. The Morgan fingerprint density at radius 3 is 2.75 bits per heavy atom. The zero-order chi connectivity index (χ0) is 17.4. The molecule has 1 heterocycles. The van der Waals surface area contributed by atoms with Gasteiger partial charge in [-0.15, -0.1) is 11.3 Å². The van der Waals surface area contributed by atoms with Gasteiger partial charge >= 0.3 is 6.03 Å². The van der Waals surface area contributed by atoms with E-state index in [-0.39, 0.29) is 24.5 Å². The number of hydrogen-bond acceptors (Lipinski definition) is 5. The molecule has 1 aliphatic carbocycles. The van der Waals surface area contributed by atoms with E-state index in [1.807, 2.05) is 6.92 Å². The second-order valence-corrected chi connectivity index (χ2v) is 7.26. The summed E-state index contributed by atoms with van der Waals surface area (Å²) in [5, 5.41) is 6.33. The quantitative estimate of drug-likeness (QED) is 0.787. The van der Waals surface area contributed by atoms with Gasteiger partial charge in [0.15, 0.2) is 5.13 Å². The number of aromatic nitrogens is 1. The van der Waals surface area contributed by atoms with Crippen molar-refractivity contribution in [2.75, 3.05) is 32.1 Å². The number of carbonyl (C=O) groups excluding carboxylic acids is 2. The largest absolute Gasteiger partial charge is 0.383 e. The first-order valence-corrected chi connectivity index (χ1v) is 9.17. The number of aryl methyl sites for hydroxylation is 1. The Balaban J connectivity index is 1.88. The second-order valence-electron chi connectivity index (χ2n) is 6.02. The van der Waals surface area contributed by atoms with Crippen molar-refractivity contribution in [3.05, 3.63) is 11.1 Å². The van der Waals surface area contributed by atoms with Gasteiger partial charge < -0.3 is 20.3 Å². The predicted molar refractivity (Wildman–Crippen MR) is 94.3 cm³/mol. The molecule has 1 aromatic rings. The van der Waals surface area contributed by atoms with Crippen LogP contribution in [0.3, 0.4) is 0 Å². The third kappa shape index (κ3) is 6.09. The highest BCUT2D eigenvalue weighted by Gasteiger charge is 2.22. The lowest BCUT2D eigenvalue weighted by molar-refractivity contribution is -0.116. The number of carbonyl (C=O) groups is 2. The van der Waals surface area contributed by atoms with Gasteiger partial charge in [0, 0.05) is 30.8 Å². The van der Waals surface area contributed by atoms with Crippen molar-refractivity contribution in [1.82, 2.24) is 15.2 Å². The number of ether oxygens (including phenoxy) is 1. The Morgan fingerprint density at radius 2 is 2.12 bits per heavy atom. The van der Waals surface area contributed by atoms with E-state index in [0.29, 0.717) is 18.3 Å². The minimum atomic E-state index is -0.251. The lowest BCUT2D eigenvalue weighted by Crippen LogP contribution is -2.49. The Hall–Kier alpha value is -1.67. The molecule has 0 saturated heterocycles. The van der Waals surface area contributed by atoms with Crippen LogP contribution in [0.4, 0.5) is 9.93 Å². The van der Waals surface area contributed by atoms with Crippen molar-refractivity contribution in [2.24, 2.45) is 0 Å². The zero-order valence-electron chi connectivity index (χ0n) is 14.3. The maximum Gasteiger partial charge on any atom is 0.318 e. The third-order valence-electron chi connectivity index (χ3n) is 3.99. The molecule has 8 heteroatoms.